The Labute approximate surface area is 443 Å². The van der Waals surface area contributed by atoms with Crippen molar-refractivity contribution < 1.29 is 91.5 Å². The summed E-state index contributed by atoms with van der Waals surface area (Å²) < 4.78 is 73.6. The van der Waals surface area contributed by atoms with Crippen molar-refractivity contribution in [2.75, 3.05) is 29.4 Å². The molecule has 2 amide bonds. The van der Waals surface area contributed by atoms with E-state index in [0.717, 1.165) is 69.1 Å². The molecule has 3 aliphatic heterocycles. The topological polar surface area (TPSA) is 170 Å². The Morgan fingerprint density at radius 3 is 2.09 bits per heavy atom. The molecule has 348 valence electrons. The van der Waals surface area contributed by atoms with Gasteiger partial charge in [0.2, 0.25) is 17.5 Å². The molecule has 15 heteroatoms. The van der Waals surface area contributed by atoms with Crippen LogP contribution >= 0.6 is 0 Å². The molecule has 0 unspecified atom stereocenters. The zero-order valence-corrected chi connectivity index (χ0v) is 44.2. The fraction of sp³-hybridized carbons (Fsp3) is 0.302. The second kappa shape index (κ2) is 21.9. The maximum Gasteiger partial charge on any atom is 1.00 e. The molecule has 0 bridgehead atoms. The van der Waals surface area contributed by atoms with Gasteiger partial charge >= 0.3 is 51.4 Å². The molecule has 7 rings (SSSR count). The molecule has 4 aromatic carbocycles. The van der Waals surface area contributed by atoms with Gasteiger partial charge in [0.05, 0.1) is 27.4 Å². The number of fused-ring (bicyclic) bond motifs is 4. The zero-order valence-electron chi connectivity index (χ0n) is 39.4. The van der Waals surface area contributed by atoms with E-state index in [2.05, 4.69) is 26.6 Å². The van der Waals surface area contributed by atoms with Crippen LogP contribution in [0.25, 0.3) is 0 Å². The number of likely N-dealkylation sites (N-methyl/N-ethyl adjacent to an activating group) is 1. The van der Waals surface area contributed by atoms with Crippen LogP contribution in [-0.4, -0.2) is 67.7 Å². The number of carbonyl (C=O) groups is 2. The van der Waals surface area contributed by atoms with Crippen LogP contribution in [0.3, 0.4) is 0 Å². The predicted octanol–water partition coefficient (Wildman–Crippen LogP) is 5.26. The normalized spacial score (nSPS) is 16.5. The minimum Gasteiger partial charge on any atom is -0.744 e. The SMILES string of the molecule is CCN1/C(=C/C=C/C=C/C=C/C2=[N+](CCCCCC(=O)NCCC(=O)N3Cc4ccccc4C#Cc4ccccc43)c3ccc(S(=O)(=O)[O-])cc3C2(C)C)C(C)(C)c2cc(S(=O)(=O)[O-])ccc21.[K+]. The number of hydrogen-bond acceptors (Lipinski definition) is 9. The van der Waals surface area contributed by atoms with Gasteiger partial charge in [-0.2, -0.15) is 4.58 Å². The van der Waals surface area contributed by atoms with E-state index in [4.69, 9.17) is 0 Å². The number of para-hydroxylation sites is 1. The first kappa shape index (κ1) is 52.6. The molecule has 12 nitrogen and oxygen atoms in total. The fourth-order valence-electron chi connectivity index (χ4n) is 9.16. The van der Waals surface area contributed by atoms with Crippen molar-refractivity contribution in [3.63, 3.8) is 0 Å². The third kappa shape index (κ3) is 11.6. The van der Waals surface area contributed by atoms with Crippen LogP contribution < -0.4 is 66.5 Å². The minimum atomic E-state index is -4.68. The number of carbonyl (C=O) groups excluding carboxylic acids is 2. The van der Waals surface area contributed by atoms with E-state index in [-0.39, 0.29) is 86.0 Å². The zero-order chi connectivity index (χ0) is 48.1. The van der Waals surface area contributed by atoms with Gasteiger partial charge in [-0.05, 0) is 99.3 Å². The summed E-state index contributed by atoms with van der Waals surface area (Å²) in [5.74, 6) is 6.20. The molecule has 3 heterocycles. The number of anilines is 2. The minimum absolute atomic E-state index is 0. The third-order valence-electron chi connectivity index (χ3n) is 12.7. The quantitative estimate of drug-likeness (QED) is 0.0393. The summed E-state index contributed by atoms with van der Waals surface area (Å²) >= 11 is 0. The standard InChI is InChI=1S/C53H56N4O8S2.K/c1-6-55-46-30-28-41(66(60,61)62)35-43(46)52(2,3)48(55)23-11-8-7-9-12-24-49-53(4,5)44-36-42(67(63,64)65)29-31-47(44)56(49)34-18-10-13-25-50(58)54-33-32-51(59)57-37-40-21-15-14-19-38(40)26-27-39-20-16-17-22-45(39)57;/h7-9,11-12,14-17,19-24,28-31,35-36H,6,10,13,18,25,32-34,37H2,1-5H3,(H2-,54,58,60,61,62,63,64,65);/q;+1/p-1. The van der Waals surface area contributed by atoms with Gasteiger partial charge in [-0.15, -0.1) is 0 Å². The first-order valence-corrected chi connectivity index (χ1v) is 25.3. The van der Waals surface area contributed by atoms with Crippen LogP contribution in [0, 0.1) is 11.8 Å². The van der Waals surface area contributed by atoms with Gasteiger partial charge in [0, 0.05) is 78.0 Å². The molecule has 0 saturated carbocycles. The van der Waals surface area contributed by atoms with Crippen LogP contribution in [-0.2, 0) is 47.2 Å². The van der Waals surface area contributed by atoms with E-state index >= 15 is 0 Å². The summed E-state index contributed by atoms with van der Waals surface area (Å²) in [4.78, 5) is 29.8. The van der Waals surface area contributed by atoms with E-state index in [1.807, 2.05) is 126 Å². The van der Waals surface area contributed by atoms with Gasteiger partial charge in [-0.1, -0.05) is 86.4 Å². The van der Waals surface area contributed by atoms with Crippen LogP contribution in [0.2, 0.25) is 0 Å². The monoisotopic (exact) mass is 978 g/mol. The number of rotatable bonds is 16. The molecular formula is C53H55KN4O8S2. The Hall–Kier alpha value is -4.73. The van der Waals surface area contributed by atoms with Gasteiger partial charge in [0.1, 0.15) is 26.8 Å². The fourth-order valence-corrected chi connectivity index (χ4v) is 10.2. The van der Waals surface area contributed by atoms with Gasteiger partial charge < -0.3 is 24.2 Å². The molecule has 0 fully saturated rings. The number of nitrogens with zero attached hydrogens (tertiary/aromatic N) is 3. The Bertz CT molecular complexity index is 3070. The number of benzene rings is 4. The van der Waals surface area contributed by atoms with E-state index in [9.17, 15) is 35.5 Å². The average Bonchev–Trinajstić information content (AvgIpc) is 3.63. The molecule has 0 aliphatic carbocycles. The molecule has 1 N–H and O–H groups in total. The second-order valence-electron chi connectivity index (χ2n) is 17.8. The van der Waals surface area contributed by atoms with Crippen LogP contribution in [0.5, 0.6) is 0 Å². The van der Waals surface area contributed by atoms with Crippen molar-refractivity contribution in [2.24, 2.45) is 0 Å². The maximum atomic E-state index is 13.6. The maximum absolute atomic E-state index is 13.6. The summed E-state index contributed by atoms with van der Waals surface area (Å²) in [6, 6.07) is 24.4. The Balaban J connectivity index is 0.00000761. The van der Waals surface area contributed by atoms with Gasteiger partial charge in [-0.25, -0.2) is 16.8 Å². The summed E-state index contributed by atoms with van der Waals surface area (Å²) in [5.41, 5.74) is 7.23. The number of hydrogen-bond donors (Lipinski definition) is 1. The van der Waals surface area contributed by atoms with Gasteiger partial charge in [0.25, 0.3) is 0 Å². The molecule has 0 radical (unpaired) electrons. The summed E-state index contributed by atoms with van der Waals surface area (Å²) in [6.45, 7) is 11.8. The van der Waals surface area contributed by atoms with Crippen LogP contribution in [0.4, 0.5) is 17.1 Å². The van der Waals surface area contributed by atoms with Gasteiger partial charge in [0.15, 0.2) is 5.71 Å². The van der Waals surface area contributed by atoms with Crippen molar-refractivity contribution in [1.29, 1.82) is 0 Å². The molecule has 0 atom stereocenters. The largest absolute Gasteiger partial charge is 1.00 e. The first-order chi connectivity index (χ1) is 31.8. The molecule has 0 spiro atoms. The summed E-state index contributed by atoms with van der Waals surface area (Å²) in [6.07, 6.45) is 16.0. The van der Waals surface area contributed by atoms with Crippen molar-refractivity contribution >= 4 is 54.8 Å². The predicted molar refractivity (Wildman–Crippen MR) is 259 cm³/mol. The molecule has 68 heavy (non-hydrogen) atoms. The number of nitrogens with one attached hydrogen (secondary N) is 1. The van der Waals surface area contributed by atoms with E-state index in [1.54, 1.807) is 17.0 Å². The molecule has 0 saturated heterocycles. The second-order valence-corrected chi connectivity index (χ2v) is 20.6. The average molecular weight is 979 g/mol. The first-order valence-electron chi connectivity index (χ1n) is 22.4. The van der Waals surface area contributed by atoms with E-state index in [1.165, 1.54) is 24.3 Å². The number of amides is 2. The van der Waals surface area contributed by atoms with E-state index < -0.39 is 31.1 Å². The smallest absolute Gasteiger partial charge is 0.744 e. The molecular weight excluding hydrogens is 924 g/mol. The van der Waals surface area contributed by atoms with Gasteiger partial charge in [-0.3, -0.25) is 9.59 Å². The van der Waals surface area contributed by atoms with Crippen LogP contribution in [0.15, 0.2) is 143 Å². The number of unbranched alkanes of at least 4 members (excludes halogenated alkanes) is 2. The molecule has 0 aromatic heterocycles. The Kier molecular flexibility index (Phi) is 17.0. The third-order valence-corrected chi connectivity index (χ3v) is 14.4. The van der Waals surface area contributed by atoms with Crippen molar-refractivity contribution in [1.82, 2.24) is 5.32 Å². The van der Waals surface area contributed by atoms with E-state index in [0.29, 0.717) is 32.5 Å². The van der Waals surface area contributed by atoms with Crippen LogP contribution in [0.1, 0.15) is 94.5 Å². The Morgan fingerprint density at radius 2 is 1.37 bits per heavy atom. The molecule has 4 aromatic rings. The number of allylic oxidation sites excluding steroid dienone is 8. The summed E-state index contributed by atoms with van der Waals surface area (Å²) in [7, 11) is -9.28. The van der Waals surface area contributed by atoms with Crippen molar-refractivity contribution in [3.05, 3.63) is 161 Å². The summed E-state index contributed by atoms with van der Waals surface area (Å²) in [5, 5.41) is 2.92. The Morgan fingerprint density at radius 1 is 0.735 bits per heavy atom. The molecule has 3 aliphatic rings. The van der Waals surface area contributed by atoms with Crippen molar-refractivity contribution in [2.45, 2.75) is 93.9 Å². The van der Waals surface area contributed by atoms with Crippen molar-refractivity contribution in [3.8, 4) is 11.8 Å².